The fourth-order valence-corrected chi connectivity index (χ4v) is 2.76. The molecule has 0 N–H and O–H groups in total. The average Bonchev–Trinajstić information content (AvgIpc) is 2.87. The van der Waals surface area contributed by atoms with Gasteiger partial charge in [0, 0.05) is 12.8 Å². The van der Waals surface area contributed by atoms with Crippen LogP contribution in [0.15, 0.2) is 35.2 Å². The van der Waals surface area contributed by atoms with Crippen LogP contribution in [0.3, 0.4) is 0 Å². The summed E-state index contributed by atoms with van der Waals surface area (Å²) in [6.07, 6.45) is 0.258. The highest BCUT2D eigenvalue weighted by molar-refractivity contribution is 7.93. The van der Waals surface area contributed by atoms with Crippen molar-refractivity contribution in [3.8, 4) is 0 Å². The highest BCUT2D eigenvalue weighted by Crippen LogP contribution is 2.47. The zero-order valence-electron chi connectivity index (χ0n) is 6.90. The Morgan fingerprint density at radius 3 is 2.15 bits per heavy atom. The van der Waals surface area contributed by atoms with Crippen molar-refractivity contribution in [2.45, 2.75) is 22.7 Å². The van der Waals surface area contributed by atoms with Gasteiger partial charge in [0.15, 0.2) is 0 Å². The number of sulfone groups is 1. The minimum absolute atomic E-state index is 0.0787. The summed E-state index contributed by atoms with van der Waals surface area (Å²) < 4.78 is 36.5. The summed E-state index contributed by atoms with van der Waals surface area (Å²) in [5.74, 6) is 0. The molecular weight excluding hydrogens is 191 g/mol. The first kappa shape index (κ1) is 8.69. The number of hydrogen-bond acceptors (Lipinski definition) is 2. The molecule has 2 nitrogen and oxygen atoms in total. The molecule has 1 aliphatic rings. The molecule has 70 valence electrons. The predicted octanol–water partition coefficient (Wildman–Crippen LogP) is 1.92. The predicted molar refractivity (Wildman–Crippen MR) is 46.7 cm³/mol. The summed E-state index contributed by atoms with van der Waals surface area (Å²) in [4.78, 5) is 0.0787. The van der Waals surface area contributed by atoms with Crippen LogP contribution >= 0.6 is 0 Å². The Kier molecular flexibility index (Phi) is 1.70. The molecule has 13 heavy (non-hydrogen) atoms. The fraction of sp³-hybridized carbons (Fsp3) is 0.333. The molecule has 0 radical (unpaired) electrons. The summed E-state index contributed by atoms with van der Waals surface area (Å²) >= 11 is 0. The first-order valence-electron chi connectivity index (χ1n) is 4.05. The van der Waals surface area contributed by atoms with Crippen LogP contribution in [0.1, 0.15) is 12.8 Å². The van der Waals surface area contributed by atoms with Gasteiger partial charge < -0.3 is 0 Å². The van der Waals surface area contributed by atoms with Gasteiger partial charge in [-0.25, -0.2) is 12.8 Å². The van der Waals surface area contributed by atoms with Gasteiger partial charge in [-0.05, 0) is 12.1 Å². The lowest BCUT2D eigenvalue weighted by atomic mass is 10.4. The number of benzene rings is 1. The van der Waals surface area contributed by atoms with E-state index in [0.29, 0.717) is 0 Å². The standard InChI is InChI=1S/C9H9FO2S/c10-9(6-7-9)13(11,12)8-4-2-1-3-5-8/h1-5H,6-7H2. The topological polar surface area (TPSA) is 34.1 Å². The molecule has 0 atom stereocenters. The van der Waals surface area contributed by atoms with Crippen molar-refractivity contribution in [1.29, 1.82) is 0 Å². The van der Waals surface area contributed by atoms with Gasteiger partial charge in [0.2, 0.25) is 14.8 Å². The molecule has 1 fully saturated rings. The third kappa shape index (κ3) is 1.25. The van der Waals surface area contributed by atoms with Crippen molar-refractivity contribution < 1.29 is 12.8 Å². The number of rotatable bonds is 2. The van der Waals surface area contributed by atoms with E-state index in [2.05, 4.69) is 0 Å². The van der Waals surface area contributed by atoms with E-state index in [1.165, 1.54) is 12.1 Å². The van der Waals surface area contributed by atoms with Crippen LogP contribution in [0.4, 0.5) is 4.39 Å². The molecule has 1 aliphatic carbocycles. The molecule has 2 rings (SSSR count). The van der Waals surface area contributed by atoms with Gasteiger partial charge in [0.25, 0.3) is 0 Å². The summed E-state index contributed by atoms with van der Waals surface area (Å²) in [6, 6.07) is 7.75. The SMILES string of the molecule is O=S(=O)(c1ccccc1)C1(F)CC1. The van der Waals surface area contributed by atoms with Crippen LogP contribution in [0.2, 0.25) is 0 Å². The molecule has 0 amide bonds. The van der Waals surface area contributed by atoms with Gasteiger partial charge in [0.05, 0.1) is 4.90 Å². The summed E-state index contributed by atoms with van der Waals surface area (Å²) in [5.41, 5.74) is 0. The van der Waals surface area contributed by atoms with Crippen LogP contribution in [-0.2, 0) is 9.84 Å². The summed E-state index contributed by atoms with van der Waals surface area (Å²) in [7, 11) is -3.73. The smallest absolute Gasteiger partial charge is 0.215 e. The van der Waals surface area contributed by atoms with E-state index in [-0.39, 0.29) is 17.7 Å². The Morgan fingerprint density at radius 1 is 1.15 bits per heavy atom. The third-order valence-electron chi connectivity index (χ3n) is 2.18. The summed E-state index contributed by atoms with van der Waals surface area (Å²) in [6.45, 7) is 0. The second-order valence-corrected chi connectivity index (χ2v) is 5.41. The number of halogens is 1. The molecule has 0 unspecified atom stereocenters. The van der Waals surface area contributed by atoms with Crippen molar-refractivity contribution in [2.75, 3.05) is 0 Å². The van der Waals surface area contributed by atoms with Crippen LogP contribution in [0.5, 0.6) is 0 Å². The van der Waals surface area contributed by atoms with Crippen LogP contribution < -0.4 is 0 Å². The fourth-order valence-electron chi connectivity index (χ4n) is 1.18. The van der Waals surface area contributed by atoms with E-state index in [1.54, 1.807) is 18.2 Å². The lowest BCUT2D eigenvalue weighted by Gasteiger charge is -2.06. The minimum atomic E-state index is -3.73. The molecule has 4 heteroatoms. The quantitative estimate of drug-likeness (QED) is 0.730. The van der Waals surface area contributed by atoms with Crippen molar-refractivity contribution in [3.63, 3.8) is 0 Å². The lowest BCUT2D eigenvalue weighted by Crippen LogP contribution is -2.17. The van der Waals surface area contributed by atoms with Gasteiger partial charge in [0.1, 0.15) is 0 Å². The highest BCUT2D eigenvalue weighted by Gasteiger charge is 2.56. The van der Waals surface area contributed by atoms with Crippen molar-refractivity contribution >= 4 is 9.84 Å². The first-order valence-corrected chi connectivity index (χ1v) is 5.53. The molecule has 0 saturated heterocycles. The van der Waals surface area contributed by atoms with Gasteiger partial charge in [-0.2, -0.15) is 0 Å². The van der Waals surface area contributed by atoms with Gasteiger partial charge >= 0.3 is 0 Å². The minimum Gasteiger partial charge on any atom is -0.226 e. The van der Waals surface area contributed by atoms with E-state index >= 15 is 0 Å². The van der Waals surface area contributed by atoms with Gasteiger partial charge in [-0.3, -0.25) is 0 Å². The highest BCUT2D eigenvalue weighted by atomic mass is 32.2. The Labute approximate surface area is 76.3 Å². The Morgan fingerprint density at radius 2 is 1.69 bits per heavy atom. The second kappa shape index (κ2) is 2.54. The molecule has 1 aromatic rings. The third-order valence-corrected chi connectivity index (χ3v) is 4.44. The number of alkyl halides is 1. The van der Waals surface area contributed by atoms with E-state index in [1.807, 2.05) is 0 Å². The first-order chi connectivity index (χ1) is 6.06. The molecule has 0 spiro atoms. The van der Waals surface area contributed by atoms with Crippen LogP contribution in [0, 0.1) is 0 Å². The molecule has 1 aromatic carbocycles. The van der Waals surface area contributed by atoms with Crippen molar-refractivity contribution in [1.82, 2.24) is 0 Å². The average molecular weight is 200 g/mol. The van der Waals surface area contributed by atoms with Crippen LogP contribution in [-0.4, -0.2) is 13.4 Å². The Balaban J connectivity index is 2.48. The van der Waals surface area contributed by atoms with E-state index < -0.39 is 14.8 Å². The van der Waals surface area contributed by atoms with Gasteiger partial charge in [-0.15, -0.1) is 0 Å². The Bertz CT molecular complexity index is 407. The van der Waals surface area contributed by atoms with Crippen molar-refractivity contribution in [3.05, 3.63) is 30.3 Å². The number of hydrogen-bond donors (Lipinski definition) is 0. The molecule has 1 saturated carbocycles. The van der Waals surface area contributed by atoms with E-state index in [0.717, 1.165) is 0 Å². The maximum atomic E-state index is 13.4. The lowest BCUT2D eigenvalue weighted by molar-refractivity contribution is 0.402. The van der Waals surface area contributed by atoms with Crippen LogP contribution in [0.25, 0.3) is 0 Å². The molecule has 0 bridgehead atoms. The van der Waals surface area contributed by atoms with Gasteiger partial charge in [-0.1, -0.05) is 18.2 Å². The second-order valence-electron chi connectivity index (χ2n) is 3.20. The Hall–Kier alpha value is -0.900. The van der Waals surface area contributed by atoms with E-state index in [9.17, 15) is 12.8 Å². The molecule has 0 heterocycles. The normalized spacial score (nSPS) is 19.8. The van der Waals surface area contributed by atoms with E-state index in [4.69, 9.17) is 0 Å². The maximum absolute atomic E-state index is 13.4. The monoisotopic (exact) mass is 200 g/mol. The molecule has 0 aliphatic heterocycles. The molecular formula is C9H9FO2S. The van der Waals surface area contributed by atoms with Crippen molar-refractivity contribution in [2.24, 2.45) is 0 Å². The zero-order chi connectivity index (χ0) is 9.53. The maximum Gasteiger partial charge on any atom is 0.215 e. The molecule has 0 aromatic heterocycles. The summed E-state index contributed by atoms with van der Waals surface area (Å²) in [5, 5.41) is -1.98. The zero-order valence-corrected chi connectivity index (χ0v) is 7.72. The largest absolute Gasteiger partial charge is 0.226 e.